The molecular weight excluding hydrogens is 570 g/mol. The molecule has 0 aliphatic carbocycles. The van der Waals surface area contributed by atoms with E-state index in [4.69, 9.17) is 16.6 Å². The molecule has 220 valence electrons. The summed E-state index contributed by atoms with van der Waals surface area (Å²) in [6.45, 7) is 2.42. The van der Waals surface area contributed by atoms with Gasteiger partial charge in [0, 0.05) is 0 Å². The van der Waals surface area contributed by atoms with Crippen molar-refractivity contribution in [2.24, 2.45) is 20.5 Å². The van der Waals surface area contributed by atoms with E-state index in [-0.39, 0.29) is 57.7 Å². The second kappa shape index (κ2) is 11.2. The monoisotopic (exact) mass is 591 g/mol. The van der Waals surface area contributed by atoms with Gasteiger partial charge in [-0.3, -0.25) is 15.0 Å². The lowest BCUT2D eigenvalue weighted by Gasteiger charge is -2.06. The summed E-state index contributed by atoms with van der Waals surface area (Å²) in [6, 6.07) is -0.712. The summed E-state index contributed by atoms with van der Waals surface area (Å²) in [5.41, 5.74) is 13.4. The minimum absolute atomic E-state index is 0.00257. The van der Waals surface area contributed by atoms with Crippen molar-refractivity contribution in [3.63, 3.8) is 0 Å². The first-order valence-electron chi connectivity index (χ1n) is 11.9. The largest absolute Gasteiger partial charge is 0.479 e. The minimum atomic E-state index is -0.739. The maximum absolute atomic E-state index is 11.9. The van der Waals surface area contributed by atoms with Gasteiger partial charge in [-0.25, -0.2) is 4.79 Å². The summed E-state index contributed by atoms with van der Waals surface area (Å²) >= 11 is 0. The van der Waals surface area contributed by atoms with Crippen LogP contribution in [0.1, 0.15) is 32.1 Å². The average Bonchev–Trinajstić information content (AvgIpc) is 3.77. The summed E-state index contributed by atoms with van der Waals surface area (Å²) in [7, 11) is 1.21. The van der Waals surface area contributed by atoms with Crippen LogP contribution in [0.15, 0.2) is 32.9 Å². The average molecular weight is 592 g/mol. The van der Waals surface area contributed by atoms with Gasteiger partial charge in [-0.2, -0.15) is 44.7 Å². The Labute approximate surface area is 238 Å². The number of esters is 1. The first-order valence-corrected chi connectivity index (χ1v) is 11.9. The number of aromatic hydroxyl groups is 1. The fourth-order valence-electron chi connectivity index (χ4n) is 3.62. The molecule has 0 aromatic carbocycles. The lowest BCUT2D eigenvalue weighted by atomic mass is 10.2. The molecule has 0 saturated heterocycles. The zero-order valence-electron chi connectivity index (χ0n) is 22.4. The van der Waals surface area contributed by atoms with E-state index in [0.29, 0.717) is 11.4 Å². The number of aryl methyl sites for hydroxylation is 2. The van der Waals surface area contributed by atoms with Crippen LogP contribution >= 0.6 is 0 Å². The third kappa shape index (κ3) is 5.22. The highest BCUT2D eigenvalue weighted by molar-refractivity contribution is 6.00. The van der Waals surface area contributed by atoms with Crippen LogP contribution in [-0.2, 0) is 4.74 Å². The van der Waals surface area contributed by atoms with E-state index in [1.807, 2.05) is 0 Å². The third-order valence-corrected chi connectivity index (χ3v) is 5.69. The lowest BCUT2D eigenvalue weighted by Crippen LogP contribution is -2.13. The molecule has 5 rings (SSSR count). The van der Waals surface area contributed by atoms with Gasteiger partial charge in [0.1, 0.15) is 12.2 Å². The molecule has 43 heavy (non-hydrogen) atoms. The number of nitrogen functional groups attached to an aromatic ring is 2. The smallest absolute Gasteiger partial charge is 0.343 e. The Morgan fingerprint density at radius 3 is 1.84 bits per heavy atom. The van der Waals surface area contributed by atoms with Gasteiger partial charge in [0.05, 0.1) is 36.5 Å². The number of aromatic amines is 2. The van der Waals surface area contributed by atoms with E-state index in [1.165, 1.54) is 19.5 Å². The number of hydrogen-bond acceptors (Lipinski definition) is 18. The summed E-state index contributed by atoms with van der Waals surface area (Å²) in [5, 5.41) is 56.5. The van der Waals surface area contributed by atoms with Crippen molar-refractivity contribution in [3.8, 4) is 17.9 Å². The number of nitrogens with two attached hydrogens (primary N) is 2. The van der Waals surface area contributed by atoms with Gasteiger partial charge >= 0.3 is 12.0 Å². The fourth-order valence-corrected chi connectivity index (χ4v) is 3.62. The standard InChI is InChI=1S/C21H21N17O5/c1-7-12(29-33-16-9(4-24-31-16)11(40)6-39)14(22)37(35-7)19-26-20(28-21(42)27-19)38-15(23)13(8(2)36-38)30-34-17-10(5-25-32-17)18(41)43-3/h4-5,39H,6,22-23H2,1-3H3,(H,24,31)(H,25,32)(H,26,27,28,42). The van der Waals surface area contributed by atoms with E-state index < -0.39 is 24.4 Å². The maximum Gasteiger partial charge on any atom is 0.343 e. The van der Waals surface area contributed by atoms with Gasteiger partial charge in [-0.15, -0.1) is 20.5 Å². The fraction of sp³-hybridized carbons (Fsp3) is 0.190. The number of azo groups is 2. The molecule has 0 radical (unpaired) electrons. The molecule has 22 heteroatoms. The van der Waals surface area contributed by atoms with E-state index in [0.717, 1.165) is 9.36 Å². The molecule has 0 atom stereocenters. The van der Waals surface area contributed by atoms with E-state index >= 15 is 0 Å². The molecule has 5 aromatic heterocycles. The van der Waals surface area contributed by atoms with Crippen LogP contribution in [0.2, 0.25) is 0 Å². The van der Waals surface area contributed by atoms with E-state index in [1.54, 1.807) is 13.8 Å². The molecule has 5 aromatic rings. The number of rotatable bonds is 9. The molecule has 22 nitrogen and oxygen atoms in total. The number of ether oxygens (including phenoxy) is 1. The molecule has 0 unspecified atom stereocenters. The van der Waals surface area contributed by atoms with Crippen LogP contribution in [0.4, 0.5) is 34.6 Å². The van der Waals surface area contributed by atoms with Gasteiger partial charge in [-0.1, -0.05) is 0 Å². The Morgan fingerprint density at radius 1 is 0.860 bits per heavy atom. The summed E-state index contributed by atoms with van der Waals surface area (Å²) in [5.74, 6) is -1.84. The highest BCUT2D eigenvalue weighted by atomic mass is 16.5. The van der Waals surface area contributed by atoms with Crippen LogP contribution in [0.5, 0.6) is 6.01 Å². The first kappa shape index (κ1) is 28.1. The number of Topliss-reactive ketones (excluding diaryl/α,β-unsaturated/α-hetero) is 1. The van der Waals surface area contributed by atoms with Gasteiger partial charge in [0.2, 0.25) is 0 Å². The van der Waals surface area contributed by atoms with Gasteiger partial charge in [0.25, 0.3) is 11.9 Å². The predicted octanol–water partition coefficient (Wildman–Crippen LogP) is 0.968. The number of aromatic nitrogens is 11. The Bertz CT molecular complexity index is 1780. The van der Waals surface area contributed by atoms with Crippen LogP contribution in [0.3, 0.4) is 0 Å². The lowest BCUT2D eigenvalue weighted by molar-refractivity contribution is 0.0601. The van der Waals surface area contributed by atoms with Crippen molar-refractivity contribution < 1.29 is 24.5 Å². The van der Waals surface area contributed by atoms with Crippen molar-refractivity contribution in [3.05, 3.63) is 34.9 Å². The minimum Gasteiger partial charge on any atom is -0.479 e. The number of nitrogens with one attached hydrogen (secondary N) is 2. The van der Waals surface area contributed by atoms with Gasteiger partial charge in [-0.05, 0) is 13.8 Å². The zero-order valence-corrected chi connectivity index (χ0v) is 22.4. The second-order valence-electron chi connectivity index (χ2n) is 8.43. The highest BCUT2D eigenvalue weighted by Crippen LogP contribution is 2.32. The Kier molecular flexibility index (Phi) is 7.32. The Balaban J connectivity index is 1.48. The number of carbonyl (C=O) groups excluding carboxylic acids is 2. The molecule has 0 aliphatic heterocycles. The molecule has 5 heterocycles. The number of anilines is 2. The van der Waals surface area contributed by atoms with Crippen molar-refractivity contribution in [2.45, 2.75) is 13.8 Å². The maximum atomic E-state index is 11.9. The molecule has 8 N–H and O–H groups in total. The van der Waals surface area contributed by atoms with Crippen LogP contribution in [0.25, 0.3) is 11.9 Å². The van der Waals surface area contributed by atoms with Crippen molar-refractivity contribution in [1.82, 2.24) is 54.9 Å². The van der Waals surface area contributed by atoms with Crippen LogP contribution < -0.4 is 11.5 Å². The Hall–Kier alpha value is -6.45. The van der Waals surface area contributed by atoms with Crippen LogP contribution in [0, 0.1) is 13.8 Å². The summed E-state index contributed by atoms with van der Waals surface area (Å²) in [4.78, 5) is 35.8. The molecule has 0 spiro atoms. The predicted molar refractivity (Wildman–Crippen MR) is 142 cm³/mol. The molecule has 0 amide bonds. The highest BCUT2D eigenvalue weighted by Gasteiger charge is 2.22. The third-order valence-electron chi connectivity index (χ3n) is 5.69. The molecule has 0 fully saturated rings. The second-order valence-corrected chi connectivity index (χ2v) is 8.43. The number of ketones is 1. The molecular formula is C21H21N17O5. The summed E-state index contributed by atoms with van der Waals surface area (Å²) < 4.78 is 6.83. The van der Waals surface area contributed by atoms with Crippen molar-refractivity contribution in [1.29, 1.82) is 0 Å². The molecule has 0 aliphatic rings. The topological polar surface area (TPSA) is 317 Å². The van der Waals surface area contributed by atoms with Crippen molar-refractivity contribution in [2.75, 3.05) is 25.2 Å². The molecule has 0 bridgehead atoms. The quantitative estimate of drug-likeness (QED) is 0.0790. The number of aliphatic hydroxyl groups excluding tert-OH is 1. The molecule has 0 saturated carbocycles. The van der Waals surface area contributed by atoms with Gasteiger partial charge in [0.15, 0.2) is 40.4 Å². The number of aliphatic hydroxyl groups is 1. The van der Waals surface area contributed by atoms with Crippen molar-refractivity contribution >= 4 is 46.4 Å². The number of hydrogen-bond donors (Lipinski definition) is 6. The van der Waals surface area contributed by atoms with Crippen LogP contribution in [-0.4, -0.2) is 90.6 Å². The summed E-state index contributed by atoms with van der Waals surface area (Å²) in [6.07, 6.45) is 2.44. The first-order chi connectivity index (χ1) is 20.6. The SMILES string of the molecule is COC(=O)c1cn[nH]c1N=Nc1c(C)nn(-c2nc(O)nc(-n3nc(C)c(N=Nc4[nH]ncc4C(=O)CO)c3N)n2)c1N. The zero-order chi connectivity index (χ0) is 30.8. The number of methoxy groups -OCH3 is 1. The Morgan fingerprint density at radius 2 is 1.35 bits per heavy atom. The number of carbonyl (C=O) groups is 2. The number of H-pyrrole nitrogens is 2. The normalized spacial score (nSPS) is 11.6. The number of nitrogens with zero attached hydrogens (tertiary/aromatic N) is 13. The van der Waals surface area contributed by atoms with E-state index in [2.05, 4.69) is 70.7 Å². The van der Waals surface area contributed by atoms with E-state index in [9.17, 15) is 14.7 Å². The van der Waals surface area contributed by atoms with Gasteiger partial charge < -0.3 is 26.4 Å².